The van der Waals surface area contributed by atoms with E-state index in [-0.39, 0.29) is 16.4 Å². The highest BCUT2D eigenvalue weighted by atomic mass is 32.2. The maximum absolute atomic E-state index is 13.0. The second kappa shape index (κ2) is 4.82. The summed E-state index contributed by atoms with van der Waals surface area (Å²) in [5, 5.41) is 9.28. The van der Waals surface area contributed by atoms with Crippen LogP contribution in [0.15, 0.2) is 23.1 Å². The molecule has 0 aliphatic heterocycles. The van der Waals surface area contributed by atoms with Crippen molar-refractivity contribution in [3.05, 3.63) is 29.6 Å². The van der Waals surface area contributed by atoms with Gasteiger partial charge in [0.2, 0.25) is 10.0 Å². The molecule has 0 spiro atoms. The van der Waals surface area contributed by atoms with Gasteiger partial charge in [0.1, 0.15) is 11.4 Å². The number of hydrogen-bond donors (Lipinski definition) is 2. The minimum atomic E-state index is -4.01. The number of sulfonamides is 1. The molecule has 1 aromatic rings. The van der Waals surface area contributed by atoms with Crippen LogP contribution in [0.5, 0.6) is 0 Å². The zero-order chi connectivity index (χ0) is 15.1. The average Bonchev–Trinajstić information content (AvgIpc) is 3.10. The third-order valence-corrected chi connectivity index (χ3v) is 5.34. The second-order valence-corrected chi connectivity index (χ2v) is 6.95. The van der Waals surface area contributed by atoms with Gasteiger partial charge >= 0.3 is 5.97 Å². The molecule has 1 atom stereocenters. The molecule has 20 heavy (non-hydrogen) atoms. The lowest BCUT2D eigenvalue weighted by molar-refractivity contribution is -0.144. The number of carboxylic acids is 1. The third-order valence-electron chi connectivity index (χ3n) is 3.61. The Morgan fingerprint density at radius 1 is 1.45 bits per heavy atom. The SMILES string of the molecule is Cc1cc(F)ccc1S(=O)(=O)NC(C)(C(=O)O)C1CC1. The van der Waals surface area contributed by atoms with Crippen molar-refractivity contribution < 1.29 is 22.7 Å². The molecule has 0 bridgehead atoms. The van der Waals surface area contributed by atoms with Crippen LogP contribution < -0.4 is 4.72 Å². The van der Waals surface area contributed by atoms with Gasteiger partial charge in [-0.15, -0.1) is 0 Å². The van der Waals surface area contributed by atoms with Gasteiger partial charge in [0.25, 0.3) is 0 Å². The molecule has 1 aliphatic carbocycles. The van der Waals surface area contributed by atoms with Crippen LogP contribution in [0.4, 0.5) is 4.39 Å². The smallest absolute Gasteiger partial charge is 0.324 e. The zero-order valence-corrected chi connectivity index (χ0v) is 12.0. The summed E-state index contributed by atoms with van der Waals surface area (Å²) in [4.78, 5) is 11.3. The average molecular weight is 301 g/mol. The van der Waals surface area contributed by atoms with Crippen molar-refractivity contribution in [2.75, 3.05) is 0 Å². The van der Waals surface area contributed by atoms with Crippen molar-refractivity contribution in [3.8, 4) is 0 Å². The Labute approximate surface area is 116 Å². The molecular weight excluding hydrogens is 285 g/mol. The van der Waals surface area contributed by atoms with Crippen LogP contribution in [0.2, 0.25) is 0 Å². The minimum absolute atomic E-state index is 0.105. The molecule has 0 amide bonds. The van der Waals surface area contributed by atoms with Crippen LogP contribution in [0.1, 0.15) is 25.3 Å². The molecule has 7 heteroatoms. The van der Waals surface area contributed by atoms with Gasteiger partial charge in [0.15, 0.2) is 0 Å². The number of aliphatic carboxylic acids is 1. The summed E-state index contributed by atoms with van der Waals surface area (Å²) in [6.45, 7) is 2.83. The number of carbonyl (C=O) groups is 1. The molecule has 5 nitrogen and oxygen atoms in total. The minimum Gasteiger partial charge on any atom is -0.480 e. The highest BCUT2D eigenvalue weighted by Crippen LogP contribution is 2.40. The Morgan fingerprint density at radius 2 is 2.05 bits per heavy atom. The maximum Gasteiger partial charge on any atom is 0.324 e. The van der Waals surface area contributed by atoms with E-state index in [1.54, 1.807) is 0 Å². The van der Waals surface area contributed by atoms with E-state index in [1.165, 1.54) is 13.8 Å². The summed E-state index contributed by atoms with van der Waals surface area (Å²) in [6.07, 6.45) is 1.35. The molecule has 0 heterocycles. The van der Waals surface area contributed by atoms with E-state index in [9.17, 15) is 22.7 Å². The number of hydrogen-bond acceptors (Lipinski definition) is 3. The lowest BCUT2D eigenvalue weighted by Crippen LogP contribution is -2.53. The highest BCUT2D eigenvalue weighted by molar-refractivity contribution is 7.89. The summed E-state index contributed by atoms with van der Waals surface area (Å²) in [6, 6.07) is 3.28. The zero-order valence-electron chi connectivity index (χ0n) is 11.2. The van der Waals surface area contributed by atoms with Gasteiger partial charge in [0.05, 0.1) is 4.90 Å². The Balaban J connectivity index is 2.38. The number of benzene rings is 1. The molecule has 2 N–H and O–H groups in total. The molecule has 0 radical (unpaired) electrons. The second-order valence-electron chi connectivity index (χ2n) is 5.30. The Hall–Kier alpha value is -1.47. The van der Waals surface area contributed by atoms with E-state index < -0.39 is 27.3 Å². The van der Waals surface area contributed by atoms with Crippen LogP contribution in [0.25, 0.3) is 0 Å². The van der Waals surface area contributed by atoms with Crippen molar-refractivity contribution in [2.45, 2.75) is 37.1 Å². The van der Waals surface area contributed by atoms with Crippen LogP contribution >= 0.6 is 0 Å². The number of carboxylic acid groups (broad SMARTS) is 1. The van der Waals surface area contributed by atoms with Gasteiger partial charge in [-0.25, -0.2) is 12.8 Å². The monoisotopic (exact) mass is 301 g/mol. The Bertz CT molecular complexity index is 654. The summed E-state index contributed by atoms with van der Waals surface area (Å²) >= 11 is 0. The van der Waals surface area contributed by atoms with E-state index >= 15 is 0 Å². The molecule has 1 saturated carbocycles. The molecule has 1 fully saturated rings. The van der Waals surface area contributed by atoms with Gasteiger partial charge in [-0.1, -0.05) is 0 Å². The lowest BCUT2D eigenvalue weighted by Gasteiger charge is -2.26. The molecule has 110 valence electrons. The molecule has 0 saturated heterocycles. The topological polar surface area (TPSA) is 83.5 Å². The third kappa shape index (κ3) is 2.69. The fourth-order valence-corrected chi connectivity index (χ4v) is 3.86. The van der Waals surface area contributed by atoms with E-state index in [2.05, 4.69) is 4.72 Å². The van der Waals surface area contributed by atoms with Crippen molar-refractivity contribution in [1.29, 1.82) is 0 Å². The molecule has 2 rings (SSSR count). The highest BCUT2D eigenvalue weighted by Gasteiger charge is 2.50. The van der Waals surface area contributed by atoms with Gasteiger partial charge in [-0.05, 0) is 56.4 Å². The van der Waals surface area contributed by atoms with Crippen molar-refractivity contribution >= 4 is 16.0 Å². The molecular formula is C13H16FNO4S. The fourth-order valence-electron chi connectivity index (χ4n) is 2.21. The molecule has 1 aliphatic rings. The molecule has 1 unspecified atom stereocenters. The normalized spacial score (nSPS) is 18.6. The van der Waals surface area contributed by atoms with Crippen molar-refractivity contribution in [3.63, 3.8) is 0 Å². The van der Waals surface area contributed by atoms with Gasteiger partial charge in [-0.3, -0.25) is 4.79 Å². The molecule has 1 aromatic carbocycles. The summed E-state index contributed by atoms with van der Waals surface area (Å²) in [5.74, 6) is -1.96. The van der Waals surface area contributed by atoms with E-state index in [4.69, 9.17) is 0 Å². The predicted molar refractivity (Wildman–Crippen MR) is 70.2 cm³/mol. The van der Waals surface area contributed by atoms with Crippen LogP contribution in [0, 0.1) is 18.7 Å². The van der Waals surface area contributed by atoms with Crippen LogP contribution in [-0.4, -0.2) is 25.0 Å². The van der Waals surface area contributed by atoms with Crippen molar-refractivity contribution in [1.82, 2.24) is 4.72 Å². The van der Waals surface area contributed by atoms with E-state index in [0.717, 1.165) is 18.2 Å². The van der Waals surface area contributed by atoms with E-state index in [0.29, 0.717) is 12.8 Å². The standard InChI is InChI=1S/C13H16FNO4S/c1-8-7-10(14)5-6-11(8)20(18,19)15-13(2,12(16)17)9-3-4-9/h5-7,9,15H,3-4H2,1-2H3,(H,16,17). The van der Waals surface area contributed by atoms with Gasteiger partial charge in [0, 0.05) is 0 Å². The number of halogens is 1. The predicted octanol–water partition coefficient (Wildman–Crippen LogP) is 1.67. The largest absolute Gasteiger partial charge is 0.480 e. The number of rotatable bonds is 5. The first-order valence-electron chi connectivity index (χ1n) is 6.20. The quantitative estimate of drug-likeness (QED) is 0.866. The molecule has 0 aromatic heterocycles. The van der Waals surface area contributed by atoms with Gasteiger partial charge < -0.3 is 5.11 Å². The number of aryl methyl sites for hydroxylation is 1. The summed E-state index contributed by atoms with van der Waals surface area (Å²) in [7, 11) is -4.01. The summed E-state index contributed by atoms with van der Waals surface area (Å²) < 4.78 is 39.9. The van der Waals surface area contributed by atoms with E-state index in [1.807, 2.05) is 0 Å². The first-order chi connectivity index (χ1) is 9.17. The lowest BCUT2D eigenvalue weighted by atomic mass is 9.98. The summed E-state index contributed by atoms with van der Waals surface area (Å²) in [5.41, 5.74) is -1.29. The fraction of sp³-hybridized carbons (Fsp3) is 0.462. The van der Waals surface area contributed by atoms with Crippen LogP contribution in [-0.2, 0) is 14.8 Å². The van der Waals surface area contributed by atoms with Crippen LogP contribution in [0.3, 0.4) is 0 Å². The number of nitrogens with one attached hydrogen (secondary N) is 1. The Morgan fingerprint density at radius 3 is 2.50 bits per heavy atom. The van der Waals surface area contributed by atoms with Crippen molar-refractivity contribution in [2.24, 2.45) is 5.92 Å². The van der Waals surface area contributed by atoms with Gasteiger partial charge in [-0.2, -0.15) is 4.72 Å². The Kier molecular flexibility index (Phi) is 3.60. The first-order valence-corrected chi connectivity index (χ1v) is 7.68. The maximum atomic E-state index is 13.0. The first kappa shape index (κ1) is 14.9.